The molecule has 186 valence electrons. The molecule has 0 spiro atoms. The molecule has 0 aliphatic heterocycles. The summed E-state index contributed by atoms with van der Waals surface area (Å²) >= 11 is 0. The summed E-state index contributed by atoms with van der Waals surface area (Å²) < 4.78 is 4.96. The first-order valence-corrected chi connectivity index (χ1v) is 14.5. The summed E-state index contributed by atoms with van der Waals surface area (Å²) in [4.78, 5) is 11.2. The van der Waals surface area contributed by atoms with Crippen LogP contribution in [-0.4, -0.2) is 12.6 Å². The van der Waals surface area contributed by atoms with Crippen LogP contribution in [0.1, 0.15) is 174 Å². The second-order valence-corrected chi connectivity index (χ2v) is 9.69. The molecule has 2 nitrogen and oxygen atoms in total. The Labute approximate surface area is 196 Å². The molecule has 2 heteroatoms. The van der Waals surface area contributed by atoms with E-state index in [4.69, 9.17) is 4.74 Å². The quantitative estimate of drug-likeness (QED) is 0.0991. The maximum atomic E-state index is 11.2. The topological polar surface area (TPSA) is 26.3 Å². The molecule has 31 heavy (non-hydrogen) atoms. The predicted molar refractivity (Wildman–Crippen MR) is 138 cm³/mol. The fourth-order valence-corrected chi connectivity index (χ4v) is 4.46. The molecule has 0 radical (unpaired) electrons. The molecule has 0 saturated heterocycles. The molecule has 0 aromatic carbocycles. The van der Waals surface area contributed by atoms with Gasteiger partial charge in [0.1, 0.15) is 0 Å². The molecule has 0 aliphatic carbocycles. The van der Waals surface area contributed by atoms with Crippen LogP contribution in [0.2, 0.25) is 0 Å². The number of unbranched alkanes of at least 4 members (excludes halogenated alkanes) is 23. The zero-order valence-electron chi connectivity index (χ0n) is 21.7. The molecule has 0 atom stereocenters. The summed E-state index contributed by atoms with van der Waals surface area (Å²) in [6, 6.07) is 0. The van der Waals surface area contributed by atoms with Gasteiger partial charge in [0.2, 0.25) is 0 Å². The van der Waals surface area contributed by atoms with Gasteiger partial charge in [-0.05, 0) is 13.3 Å². The van der Waals surface area contributed by atoms with Crippen molar-refractivity contribution in [3.8, 4) is 0 Å². The number of rotatable bonds is 26. The van der Waals surface area contributed by atoms with Gasteiger partial charge >= 0.3 is 5.97 Å². The van der Waals surface area contributed by atoms with Crippen LogP contribution in [0.15, 0.2) is 0 Å². The Kier molecular flexibility index (Phi) is 27.0. The minimum atomic E-state index is -0.0266. The zero-order valence-corrected chi connectivity index (χ0v) is 21.7. The Morgan fingerprint density at radius 2 is 0.677 bits per heavy atom. The second-order valence-electron chi connectivity index (χ2n) is 9.69. The van der Waals surface area contributed by atoms with Gasteiger partial charge in [-0.25, -0.2) is 0 Å². The molecule has 0 rings (SSSR count). The Bertz CT molecular complexity index is 340. The van der Waals surface area contributed by atoms with Gasteiger partial charge in [-0.15, -0.1) is 0 Å². The molecular formula is C29H58O2. The molecule has 0 aromatic heterocycles. The van der Waals surface area contributed by atoms with Crippen molar-refractivity contribution in [1.82, 2.24) is 0 Å². The van der Waals surface area contributed by atoms with E-state index in [1.165, 1.54) is 148 Å². The van der Waals surface area contributed by atoms with E-state index in [1.807, 2.05) is 6.92 Å². The minimum Gasteiger partial charge on any atom is -0.466 e. The lowest BCUT2D eigenvalue weighted by atomic mass is 10.0. The van der Waals surface area contributed by atoms with Crippen LogP contribution in [0.4, 0.5) is 0 Å². The first kappa shape index (κ1) is 30.5. The summed E-state index contributed by atoms with van der Waals surface area (Å²) in [6.07, 6.45) is 34.3. The van der Waals surface area contributed by atoms with Crippen molar-refractivity contribution in [3.63, 3.8) is 0 Å². The lowest BCUT2D eigenvalue weighted by Gasteiger charge is -2.04. The van der Waals surface area contributed by atoms with Crippen molar-refractivity contribution >= 4 is 5.97 Å². The Morgan fingerprint density at radius 3 is 0.935 bits per heavy atom. The van der Waals surface area contributed by atoms with E-state index in [9.17, 15) is 4.79 Å². The molecule has 0 aromatic rings. The zero-order chi connectivity index (χ0) is 22.7. The van der Waals surface area contributed by atoms with Crippen LogP contribution in [0, 0.1) is 0 Å². The van der Waals surface area contributed by atoms with E-state index in [0.717, 1.165) is 6.42 Å². The molecule has 0 amide bonds. The summed E-state index contributed by atoms with van der Waals surface area (Å²) in [7, 11) is 0. The predicted octanol–water partition coefficient (Wildman–Crippen LogP) is 10.3. The number of ether oxygens (including phenoxy) is 1. The maximum absolute atomic E-state index is 11.2. The van der Waals surface area contributed by atoms with Gasteiger partial charge in [-0.3, -0.25) is 4.79 Å². The molecule has 0 N–H and O–H groups in total. The smallest absolute Gasteiger partial charge is 0.305 e. The van der Waals surface area contributed by atoms with E-state index in [0.29, 0.717) is 13.0 Å². The van der Waals surface area contributed by atoms with E-state index in [2.05, 4.69) is 6.92 Å². The number of carbonyl (C=O) groups excluding carboxylic acids is 1. The lowest BCUT2D eigenvalue weighted by Crippen LogP contribution is -2.03. The molecular weight excluding hydrogens is 380 g/mol. The van der Waals surface area contributed by atoms with Crippen LogP contribution in [0.5, 0.6) is 0 Å². The number of hydrogen-bond donors (Lipinski definition) is 0. The highest BCUT2D eigenvalue weighted by molar-refractivity contribution is 5.69. The highest BCUT2D eigenvalue weighted by Crippen LogP contribution is 2.15. The van der Waals surface area contributed by atoms with Gasteiger partial charge in [-0.2, -0.15) is 0 Å². The van der Waals surface area contributed by atoms with E-state index < -0.39 is 0 Å². The molecule has 0 saturated carbocycles. The van der Waals surface area contributed by atoms with Crippen molar-refractivity contribution in [2.75, 3.05) is 6.61 Å². The van der Waals surface area contributed by atoms with Crippen LogP contribution in [0.25, 0.3) is 0 Å². The summed E-state index contributed by atoms with van der Waals surface area (Å²) in [5, 5.41) is 0. The van der Waals surface area contributed by atoms with Gasteiger partial charge in [0.05, 0.1) is 6.61 Å². The Morgan fingerprint density at radius 1 is 0.419 bits per heavy atom. The van der Waals surface area contributed by atoms with E-state index >= 15 is 0 Å². The standard InChI is InChI=1S/C29H58O2/c1-3-5-6-7-8-9-10-11-12-13-14-15-16-17-18-19-20-21-22-23-24-25-26-27-28-29(30)31-4-2/h3-28H2,1-2H3. The Balaban J connectivity index is 3.03. The van der Waals surface area contributed by atoms with Crippen LogP contribution in [-0.2, 0) is 9.53 Å². The highest BCUT2D eigenvalue weighted by Gasteiger charge is 2.00. The first-order valence-electron chi connectivity index (χ1n) is 14.5. The third kappa shape index (κ3) is 27.4. The fraction of sp³-hybridized carbons (Fsp3) is 0.966. The highest BCUT2D eigenvalue weighted by atomic mass is 16.5. The lowest BCUT2D eigenvalue weighted by molar-refractivity contribution is -0.143. The number of hydrogen-bond acceptors (Lipinski definition) is 2. The summed E-state index contributed by atoms with van der Waals surface area (Å²) in [5.41, 5.74) is 0. The fourth-order valence-electron chi connectivity index (χ4n) is 4.46. The third-order valence-electron chi connectivity index (χ3n) is 6.54. The molecule has 0 bridgehead atoms. The van der Waals surface area contributed by atoms with Gasteiger partial charge in [0.15, 0.2) is 0 Å². The number of carbonyl (C=O) groups is 1. The second kappa shape index (κ2) is 27.5. The molecule has 0 unspecified atom stereocenters. The van der Waals surface area contributed by atoms with Crippen molar-refractivity contribution < 1.29 is 9.53 Å². The van der Waals surface area contributed by atoms with Crippen LogP contribution >= 0.6 is 0 Å². The molecule has 0 aliphatic rings. The molecule has 0 fully saturated rings. The van der Waals surface area contributed by atoms with Crippen molar-refractivity contribution in [3.05, 3.63) is 0 Å². The van der Waals surface area contributed by atoms with Gasteiger partial charge < -0.3 is 4.74 Å². The SMILES string of the molecule is CCCCCCCCCCCCCCCCCCCCCCCCCCC(=O)OCC. The summed E-state index contributed by atoms with van der Waals surface area (Å²) in [6.45, 7) is 4.68. The van der Waals surface area contributed by atoms with Crippen LogP contribution < -0.4 is 0 Å². The average Bonchev–Trinajstić information content (AvgIpc) is 2.77. The van der Waals surface area contributed by atoms with Crippen LogP contribution in [0.3, 0.4) is 0 Å². The van der Waals surface area contributed by atoms with E-state index in [-0.39, 0.29) is 5.97 Å². The normalized spacial score (nSPS) is 11.2. The monoisotopic (exact) mass is 438 g/mol. The largest absolute Gasteiger partial charge is 0.466 e. The number of esters is 1. The van der Waals surface area contributed by atoms with Crippen molar-refractivity contribution in [2.24, 2.45) is 0 Å². The first-order chi connectivity index (χ1) is 15.3. The maximum Gasteiger partial charge on any atom is 0.305 e. The van der Waals surface area contributed by atoms with Gasteiger partial charge in [-0.1, -0.05) is 155 Å². The summed E-state index contributed by atoms with van der Waals surface area (Å²) in [5.74, 6) is -0.0266. The third-order valence-corrected chi connectivity index (χ3v) is 6.54. The van der Waals surface area contributed by atoms with Crippen molar-refractivity contribution in [2.45, 2.75) is 174 Å². The average molecular weight is 439 g/mol. The van der Waals surface area contributed by atoms with Gasteiger partial charge in [0, 0.05) is 6.42 Å². The molecule has 0 heterocycles. The van der Waals surface area contributed by atoms with Crippen molar-refractivity contribution in [1.29, 1.82) is 0 Å². The minimum absolute atomic E-state index is 0.0266. The van der Waals surface area contributed by atoms with E-state index in [1.54, 1.807) is 0 Å². The van der Waals surface area contributed by atoms with Gasteiger partial charge in [0.25, 0.3) is 0 Å². The Hall–Kier alpha value is -0.530.